The van der Waals surface area contributed by atoms with E-state index in [-0.39, 0.29) is 11.2 Å². The monoisotopic (exact) mass is 273 g/mol. The molecule has 1 aliphatic rings. The Balaban J connectivity index is 2.04. The summed E-state index contributed by atoms with van der Waals surface area (Å²) in [5, 5.41) is 10.8. The van der Waals surface area contributed by atoms with Gasteiger partial charge in [-0.2, -0.15) is 0 Å². The Labute approximate surface area is 106 Å². The molecule has 7 heteroatoms. The van der Waals surface area contributed by atoms with Gasteiger partial charge in [-0.3, -0.25) is 9.00 Å². The number of carbonyl (C=O) groups is 1. The van der Waals surface area contributed by atoms with Crippen molar-refractivity contribution < 1.29 is 9.00 Å². The second kappa shape index (κ2) is 5.22. The lowest BCUT2D eigenvalue weighted by molar-refractivity contribution is 0.0950. The molecule has 1 saturated carbocycles. The summed E-state index contributed by atoms with van der Waals surface area (Å²) in [6, 6.07) is 0.301. The molecule has 1 aromatic rings. The van der Waals surface area contributed by atoms with Gasteiger partial charge in [-0.15, -0.1) is 10.2 Å². The molecule has 1 aromatic heterocycles. The third-order valence-electron chi connectivity index (χ3n) is 2.63. The molecule has 2 rings (SSSR count). The summed E-state index contributed by atoms with van der Waals surface area (Å²) in [6.07, 6.45) is 2.89. The number of amides is 1. The van der Waals surface area contributed by atoms with Gasteiger partial charge in [0.2, 0.25) is 9.35 Å². The summed E-state index contributed by atoms with van der Waals surface area (Å²) in [5.74, 6) is -0.197. The van der Waals surface area contributed by atoms with Crippen LogP contribution in [0, 0.1) is 0 Å². The van der Waals surface area contributed by atoms with Gasteiger partial charge in [0.1, 0.15) is 0 Å². The van der Waals surface area contributed by atoms with E-state index in [1.165, 1.54) is 0 Å². The molecule has 0 bridgehead atoms. The topological polar surface area (TPSA) is 72.0 Å². The van der Waals surface area contributed by atoms with Gasteiger partial charge in [0.25, 0.3) is 5.91 Å². The molecule has 1 fully saturated rings. The van der Waals surface area contributed by atoms with Gasteiger partial charge < -0.3 is 5.32 Å². The summed E-state index contributed by atoms with van der Waals surface area (Å²) < 4.78 is 12.4. The lowest BCUT2D eigenvalue weighted by Crippen LogP contribution is -2.25. The van der Waals surface area contributed by atoms with Crippen LogP contribution in [-0.4, -0.2) is 31.6 Å². The molecule has 1 N–H and O–H groups in total. The van der Waals surface area contributed by atoms with E-state index in [4.69, 9.17) is 0 Å². The largest absolute Gasteiger partial charge is 0.347 e. The summed E-state index contributed by atoms with van der Waals surface area (Å²) >= 11 is 1.13. The SMILES string of the molecule is CCC(C)S(=O)c1nnc(C(=O)NC2CC2)s1. The zero-order valence-electron chi connectivity index (χ0n) is 9.80. The van der Waals surface area contributed by atoms with Crippen molar-refractivity contribution in [1.29, 1.82) is 0 Å². The fraction of sp³-hybridized carbons (Fsp3) is 0.700. The number of nitrogens with one attached hydrogen (secondary N) is 1. The first kappa shape index (κ1) is 12.6. The van der Waals surface area contributed by atoms with Crippen molar-refractivity contribution in [2.75, 3.05) is 0 Å². The number of aromatic nitrogens is 2. The van der Waals surface area contributed by atoms with Gasteiger partial charge in [-0.1, -0.05) is 25.2 Å². The Kier molecular flexibility index (Phi) is 3.88. The van der Waals surface area contributed by atoms with E-state index < -0.39 is 10.8 Å². The van der Waals surface area contributed by atoms with Crippen LogP contribution in [0.15, 0.2) is 4.34 Å². The van der Waals surface area contributed by atoms with Gasteiger partial charge >= 0.3 is 0 Å². The van der Waals surface area contributed by atoms with E-state index in [1.54, 1.807) is 0 Å². The molecule has 5 nitrogen and oxygen atoms in total. The van der Waals surface area contributed by atoms with Crippen molar-refractivity contribution in [2.24, 2.45) is 0 Å². The molecule has 0 spiro atoms. The van der Waals surface area contributed by atoms with Crippen LogP contribution in [0.1, 0.15) is 42.9 Å². The van der Waals surface area contributed by atoms with Crippen molar-refractivity contribution in [1.82, 2.24) is 15.5 Å². The Bertz CT molecular complexity index is 443. The maximum Gasteiger partial charge on any atom is 0.282 e. The van der Waals surface area contributed by atoms with Crippen LogP contribution in [0.2, 0.25) is 0 Å². The summed E-state index contributed by atoms with van der Waals surface area (Å²) in [6.45, 7) is 3.88. The fourth-order valence-electron chi connectivity index (χ4n) is 1.18. The van der Waals surface area contributed by atoms with Crippen molar-refractivity contribution in [3.8, 4) is 0 Å². The highest BCUT2D eigenvalue weighted by molar-refractivity contribution is 7.87. The second-order valence-corrected chi connectivity index (χ2v) is 7.16. The van der Waals surface area contributed by atoms with E-state index in [0.717, 1.165) is 30.6 Å². The van der Waals surface area contributed by atoms with E-state index in [2.05, 4.69) is 15.5 Å². The van der Waals surface area contributed by atoms with Crippen LogP contribution in [0.3, 0.4) is 0 Å². The Hall–Kier alpha value is -0.820. The van der Waals surface area contributed by atoms with E-state index in [1.807, 2.05) is 13.8 Å². The first-order chi connectivity index (χ1) is 8.11. The molecule has 1 aliphatic carbocycles. The Morgan fingerprint density at radius 3 is 2.88 bits per heavy atom. The molecule has 1 amide bonds. The van der Waals surface area contributed by atoms with Crippen molar-refractivity contribution in [3.63, 3.8) is 0 Å². The molecule has 94 valence electrons. The normalized spacial score (nSPS) is 18.7. The third-order valence-corrected chi connectivity index (χ3v) is 5.58. The number of hydrogen-bond donors (Lipinski definition) is 1. The quantitative estimate of drug-likeness (QED) is 0.878. The molecular weight excluding hydrogens is 258 g/mol. The highest BCUT2D eigenvalue weighted by atomic mass is 32.2. The lowest BCUT2D eigenvalue weighted by Gasteiger charge is -2.03. The van der Waals surface area contributed by atoms with E-state index in [9.17, 15) is 9.00 Å². The molecule has 2 atom stereocenters. The molecule has 2 unspecified atom stereocenters. The van der Waals surface area contributed by atoms with Crippen molar-refractivity contribution in [3.05, 3.63) is 5.01 Å². The van der Waals surface area contributed by atoms with E-state index >= 15 is 0 Å². The maximum atomic E-state index is 11.9. The number of carbonyl (C=O) groups excluding carboxylic acids is 1. The van der Waals surface area contributed by atoms with Crippen LogP contribution >= 0.6 is 11.3 Å². The maximum absolute atomic E-state index is 11.9. The Morgan fingerprint density at radius 2 is 2.29 bits per heavy atom. The highest BCUT2D eigenvalue weighted by Gasteiger charge is 2.26. The second-order valence-electron chi connectivity index (χ2n) is 4.14. The minimum absolute atomic E-state index is 0.0438. The first-order valence-electron chi connectivity index (χ1n) is 5.66. The minimum Gasteiger partial charge on any atom is -0.347 e. The number of rotatable bonds is 5. The average molecular weight is 273 g/mol. The van der Waals surface area contributed by atoms with Crippen LogP contribution in [-0.2, 0) is 10.8 Å². The van der Waals surface area contributed by atoms with Crippen LogP contribution in [0.4, 0.5) is 0 Å². The molecule has 0 saturated heterocycles. The number of hydrogen-bond acceptors (Lipinski definition) is 5. The standard InChI is InChI=1S/C10H15N3O2S2/c1-3-6(2)17(15)10-13-12-9(16-10)8(14)11-7-4-5-7/h6-7H,3-5H2,1-2H3,(H,11,14). The molecule has 17 heavy (non-hydrogen) atoms. The third kappa shape index (κ3) is 3.10. The predicted octanol–water partition coefficient (Wildman–Crippen LogP) is 1.34. The van der Waals surface area contributed by atoms with Crippen molar-refractivity contribution >= 4 is 28.0 Å². The number of nitrogens with zero attached hydrogens (tertiary/aromatic N) is 2. The molecule has 1 heterocycles. The zero-order valence-corrected chi connectivity index (χ0v) is 11.4. The van der Waals surface area contributed by atoms with Crippen LogP contribution in [0.25, 0.3) is 0 Å². The summed E-state index contributed by atoms with van der Waals surface area (Å²) in [5.41, 5.74) is 0. The highest BCUT2D eigenvalue weighted by Crippen LogP contribution is 2.21. The van der Waals surface area contributed by atoms with Crippen molar-refractivity contribution in [2.45, 2.75) is 48.7 Å². The summed E-state index contributed by atoms with van der Waals surface area (Å²) in [7, 11) is -1.16. The molecule has 0 aromatic carbocycles. The average Bonchev–Trinajstić information content (AvgIpc) is 2.99. The zero-order chi connectivity index (χ0) is 12.4. The first-order valence-corrected chi connectivity index (χ1v) is 7.69. The molecule has 0 aliphatic heterocycles. The van der Waals surface area contributed by atoms with Crippen LogP contribution in [0.5, 0.6) is 0 Å². The smallest absolute Gasteiger partial charge is 0.282 e. The minimum atomic E-state index is -1.16. The molecular formula is C10H15N3O2S2. The fourth-order valence-corrected chi connectivity index (χ4v) is 3.49. The lowest BCUT2D eigenvalue weighted by atomic mass is 10.4. The van der Waals surface area contributed by atoms with Gasteiger partial charge in [-0.25, -0.2) is 0 Å². The molecule has 0 radical (unpaired) electrons. The van der Waals surface area contributed by atoms with Gasteiger partial charge in [0.05, 0.1) is 10.8 Å². The van der Waals surface area contributed by atoms with Crippen LogP contribution < -0.4 is 5.32 Å². The Morgan fingerprint density at radius 1 is 1.59 bits per heavy atom. The summed E-state index contributed by atoms with van der Waals surface area (Å²) in [4.78, 5) is 11.7. The van der Waals surface area contributed by atoms with E-state index in [0.29, 0.717) is 15.4 Å². The van der Waals surface area contributed by atoms with Gasteiger partial charge in [-0.05, 0) is 19.3 Å². The van der Waals surface area contributed by atoms with Gasteiger partial charge in [0, 0.05) is 11.3 Å². The predicted molar refractivity (Wildman–Crippen MR) is 66.6 cm³/mol. The van der Waals surface area contributed by atoms with Gasteiger partial charge in [0.15, 0.2) is 0 Å².